The molecule has 0 spiro atoms. The molecule has 1 aromatic heterocycles. The Balaban J connectivity index is 2.87. The zero-order valence-electron chi connectivity index (χ0n) is 6.67. The highest BCUT2D eigenvalue weighted by Gasteiger charge is 2.08. The van der Waals surface area contributed by atoms with Gasteiger partial charge in [-0.3, -0.25) is 4.79 Å². The average Bonchev–Trinajstić information content (AvgIpc) is 2.05. The Morgan fingerprint density at radius 2 is 2.50 bits per heavy atom. The van der Waals surface area contributed by atoms with Gasteiger partial charge in [-0.1, -0.05) is 11.6 Å². The molecule has 0 aliphatic rings. The lowest BCUT2D eigenvalue weighted by atomic mass is 10.3. The van der Waals surface area contributed by atoms with Gasteiger partial charge in [-0.15, -0.1) is 0 Å². The normalized spacial score (nSPS) is 9.50. The summed E-state index contributed by atoms with van der Waals surface area (Å²) in [5, 5.41) is 2.99. The van der Waals surface area contributed by atoms with E-state index in [0.717, 1.165) is 0 Å². The Labute approximate surface area is 75.8 Å². The van der Waals surface area contributed by atoms with Crippen LogP contribution in [0.5, 0.6) is 0 Å². The van der Waals surface area contributed by atoms with E-state index in [1.165, 1.54) is 6.20 Å². The maximum atomic E-state index is 11.2. The van der Waals surface area contributed by atoms with Crippen molar-refractivity contribution < 1.29 is 4.79 Å². The van der Waals surface area contributed by atoms with Crippen LogP contribution in [0.25, 0.3) is 0 Å². The van der Waals surface area contributed by atoms with E-state index in [0.29, 0.717) is 11.6 Å². The lowest BCUT2D eigenvalue weighted by molar-refractivity contribution is 0.0951. The van der Waals surface area contributed by atoms with Gasteiger partial charge in [0.15, 0.2) is 0 Å². The lowest BCUT2D eigenvalue weighted by Gasteiger charge is -2.01. The van der Waals surface area contributed by atoms with Crippen LogP contribution < -0.4 is 5.32 Å². The summed E-state index contributed by atoms with van der Waals surface area (Å²) in [6, 6.07) is 3.32. The predicted molar refractivity (Wildman–Crippen MR) is 47.3 cm³/mol. The summed E-state index contributed by atoms with van der Waals surface area (Å²) >= 11 is 5.73. The number of halogens is 1. The number of carbonyl (C=O) groups excluding carboxylic acids is 1. The molecule has 0 aliphatic carbocycles. The number of hydrogen-bond donors (Lipinski definition) is 1. The minimum atomic E-state index is -0.233. The molecule has 64 valence electrons. The van der Waals surface area contributed by atoms with Gasteiger partial charge in [-0.25, -0.2) is 4.98 Å². The van der Waals surface area contributed by atoms with E-state index in [4.69, 9.17) is 11.6 Å². The molecule has 4 heteroatoms. The van der Waals surface area contributed by atoms with Crippen molar-refractivity contribution >= 4 is 17.5 Å². The zero-order valence-corrected chi connectivity index (χ0v) is 7.43. The van der Waals surface area contributed by atoms with Crippen LogP contribution in [-0.2, 0) is 0 Å². The van der Waals surface area contributed by atoms with Gasteiger partial charge in [-0.2, -0.15) is 0 Å². The molecule has 1 N–H and O–H groups in total. The second kappa shape index (κ2) is 4.07. The highest BCUT2D eigenvalue weighted by Crippen LogP contribution is 2.11. The van der Waals surface area contributed by atoms with Gasteiger partial charge in [0.05, 0.1) is 5.02 Å². The predicted octanol–water partition coefficient (Wildman–Crippen LogP) is 1.48. The van der Waals surface area contributed by atoms with Crippen LogP contribution in [0, 0.1) is 0 Å². The molecule has 0 bridgehead atoms. The van der Waals surface area contributed by atoms with Crippen molar-refractivity contribution in [3.05, 3.63) is 29.0 Å². The van der Waals surface area contributed by atoms with E-state index < -0.39 is 0 Å². The molecule has 1 heterocycles. The Kier molecular flexibility index (Phi) is 3.05. The molecule has 0 atom stereocenters. The van der Waals surface area contributed by atoms with Crippen LogP contribution in [0.15, 0.2) is 18.3 Å². The number of nitrogens with zero attached hydrogens (tertiary/aromatic N) is 1. The molecule has 0 aliphatic heterocycles. The van der Waals surface area contributed by atoms with Crippen molar-refractivity contribution in [3.8, 4) is 0 Å². The fourth-order valence-corrected chi connectivity index (χ4v) is 1.00. The Hall–Kier alpha value is -1.09. The van der Waals surface area contributed by atoms with Gasteiger partial charge in [0.25, 0.3) is 5.91 Å². The van der Waals surface area contributed by atoms with Gasteiger partial charge < -0.3 is 5.32 Å². The van der Waals surface area contributed by atoms with Crippen molar-refractivity contribution in [2.24, 2.45) is 0 Å². The first-order valence-electron chi connectivity index (χ1n) is 3.64. The molecular weight excluding hydrogens is 176 g/mol. The third-order valence-corrected chi connectivity index (χ3v) is 1.62. The Morgan fingerprint density at radius 1 is 1.75 bits per heavy atom. The van der Waals surface area contributed by atoms with Crippen LogP contribution in [0.4, 0.5) is 0 Å². The number of pyridine rings is 1. The average molecular weight is 185 g/mol. The van der Waals surface area contributed by atoms with E-state index in [1.54, 1.807) is 12.1 Å². The molecule has 0 fully saturated rings. The summed E-state index contributed by atoms with van der Waals surface area (Å²) in [6.07, 6.45) is 1.54. The summed E-state index contributed by atoms with van der Waals surface area (Å²) in [4.78, 5) is 15.1. The van der Waals surface area contributed by atoms with Crippen molar-refractivity contribution in [1.82, 2.24) is 10.3 Å². The van der Waals surface area contributed by atoms with Crippen molar-refractivity contribution in [1.29, 1.82) is 0 Å². The number of rotatable bonds is 2. The van der Waals surface area contributed by atoms with E-state index >= 15 is 0 Å². The van der Waals surface area contributed by atoms with E-state index in [-0.39, 0.29) is 11.6 Å². The second-order valence-corrected chi connectivity index (χ2v) is 2.60. The summed E-state index contributed by atoms with van der Waals surface area (Å²) in [5.74, 6) is -0.233. The zero-order chi connectivity index (χ0) is 8.97. The highest BCUT2D eigenvalue weighted by molar-refractivity contribution is 6.33. The fourth-order valence-electron chi connectivity index (χ4n) is 0.797. The van der Waals surface area contributed by atoms with Crippen LogP contribution in [0.1, 0.15) is 17.4 Å². The summed E-state index contributed by atoms with van der Waals surface area (Å²) in [7, 11) is 0. The van der Waals surface area contributed by atoms with E-state index in [9.17, 15) is 4.79 Å². The standard InChI is InChI=1S/C8H9ClN2O/c1-2-10-8(12)7-6(9)4-3-5-11-7/h3-5H,2H2,1H3,(H,10,12). The first-order chi connectivity index (χ1) is 5.75. The molecule has 12 heavy (non-hydrogen) atoms. The molecule has 1 amide bonds. The third kappa shape index (κ3) is 1.95. The fraction of sp³-hybridized carbons (Fsp3) is 0.250. The topological polar surface area (TPSA) is 42.0 Å². The van der Waals surface area contributed by atoms with Crippen LogP contribution in [0.2, 0.25) is 5.02 Å². The van der Waals surface area contributed by atoms with Gasteiger partial charge in [-0.05, 0) is 19.1 Å². The SMILES string of the molecule is CCNC(=O)c1ncccc1Cl. The first-order valence-corrected chi connectivity index (χ1v) is 4.02. The van der Waals surface area contributed by atoms with Gasteiger partial charge in [0, 0.05) is 12.7 Å². The summed E-state index contributed by atoms with van der Waals surface area (Å²) in [6.45, 7) is 2.42. The van der Waals surface area contributed by atoms with E-state index in [2.05, 4.69) is 10.3 Å². The minimum Gasteiger partial charge on any atom is -0.351 e. The van der Waals surface area contributed by atoms with Crippen molar-refractivity contribution in [2.75, 3.05) is 6.54 Å². The number of carbonyl (C=O) groups is 1. The largest absolute Gasteiger partial charge is 0.351 e. The molecule has 1 aromatic rings. The first kappa shape index (κ1) is 9.00. The highest BCUT2D eigenvalue weighted by atomic mass is 35.5. The Morgan fingerprint density at radius 3 is 3.08 bits per heavy atom. The number of nitrogens with one attached hydrogen (secondary N) is 1. The number of amides is 1. The lowest BCUT2D eigenvalue weighted by Crippen LogP contribution is -2.23. The maximum absolute atomic E-state index is 11.2. The van der Waals surface area contributed by atoms with Crippen LogP contribution in [-0.4, -0.2) is 17.4 Å². The molecular formula is C8H9ClN2O. The van der Waals surface area contributed by atoms with Crippen LogP contribution in [0.3, 0.4) is 0 Å². The summed E-state index contributed by atoms with van der Waals surface area (Å²) < 4.78 is 0. The minimum absolute atomic E-state index is 0.233. The molecule has 0 aromatic carbocycles. The van der Waals surface area contributed by atoms with Gasteiger partial charge in [0.2, 0.25) is 0 Å². The monoisotopic (exact) mass is 184 g/mol. The summed E-state index contributed by atoms with van der Waals surface area (Å²) in [5.41, 5.74) is 0.279. The van der Waals surface area contributed by atoms with Gasteiger partial charge in [0.1, 0.15) is 5.69 Å². The smallest absolute Gasteiger partial charge is 0.271 e. The quantitative estimate of drug-likeness (QED) is 0.757. The van der Waals surface area contributed by atoms with Crippen molar-refractivity contribution in [2.45, 2.75) is 6.92 Å². The molecule has 0 saturated carbocycles. The molecule has 0 radical (unpaired) electrons. The molecule has 1 rings (SSSR count). The second-order valence-electron chi connectivity index (χ2n) is 2.19. The van der Waals surface area contributed by atoms with Gasteiger partial charge >= 0.3 is 0 Å². The molecule has 0 unspecified atom stereocenters. The number of aromatic nitrogens is 1. The van der Waals surface area contributed by atoms with E-state index in [1.807, 2.05) is 6.92 Å². The Bertz CT molecular complexity index is 288. The maximum Gasteiger partial charge on any atom is 0.271 e. The molecule has 0 saturated heterocycles. The molecule has 3 nitrogen and oxygen atoms in total. The van der Waals surface area contributed by atoms with Crippen molar-refractivity contribution in [3.63, 3.8) is 0 Å². The third-order valence-electron chi connectivity index (χ3n) is 1.31. The number of hydrogen-bond acceptors (Lipinski definition) is 2. The van der Waals surface area contributed by atoms with Crippen LogP contribution >= 0.6 is 11.6 Å².